The summed E-state index contributed by atoms with van der Waals surface area (Å²) in [6.07, 6.45) is 0.252. The summed E-state index contributed by atoms with van der Waals surface area (Å²) in [5.41, 5.74) is 1.02. The van der Waals surface area contributed by atoms with Gasteiger partial charge in [-0.05, 0) is 13.0 Å². The summed E-state index contributed by atoms with van der Waals surface area (Å²) in [4.78, 5) is 1.27. The molecule has 0 spiro atoms. The zero-order chi connectivity index (χ0) is 12.7. The molecule has 1 aromatic heterocycles. The highest BCUT2D eigenvalue weighted by Crippen LogP contribution is 2.24. The number of hydrogen-bond donors (Lipinski definition) is 2. The van der Waals surface area contributed by atoms with Crippen LogP contribution in [0.3, 0.4) is 0 Å². The monoisotopic (exact) mass is 270 g/mol. The maximum atomic E-state index is 9.38. The molecule has 4 heteroatoms. The first-order chi connectivity index (χ1) is 8.13. The van der Waals surface area contributed by atoms with Gasteiger partial charge >= 0.3 is 0 Å². The molecule has 2 unspecified atom stereocenters. The molecule has 17 heavy (non-hydrogen) atoms. The molecule has 2 nitrogen and oxygen atoms in total. The van der Waals surface area contributed by atoms with Crippen molar-refractivity contribution in [2.45, 2.75) is 37.4 Å². The Kier molecular flexibility index (Phi) is 6.68. The van der Waals surface area contributed by atoms with Crippen molar-refractivity contribution in [1.82, 2.24) is 0 Å². The summed E-state index contributed by atoms with van der Waals surface area (Å²) in [6.45, 7) is 3.97. The van der Waals surface area contributed by atoms with Crippen molar-refractivity contribution in [1.29, 1.82) is 0 Å². The van der Waals surface area contributed by atoms with Gasteiger partial charge in [0.05, 0.1) is 12.7 Å². The van der Waals surface area contributed by atoms with Crippen LogP contribution < -0.4 is 0 Å². The molecule has 0 aromatic carbocycles. The quantitative estimate of drug-likeness (QED) is 0.808. The number of thiophene rings is 1. The van der Waals surface area contributed by atoms with E-state index in [1.54, 1.807) is 23.1 Å². The van der Waals surface area contributed by atoms with Gasteiger partial charge < -0.3 is 10.2 Å². The first kappa shape index (κ1) is 14.6. The van der Waals surface area contributed by atoms with Gasteiger partial charge in [-0.25, -0.2) is 0 Å². The maximum absolute atomic E-state index is 9.38. The Morgan fingerprint density at radius 2 is 2.24 bits per heavy atom. The predicted octanol–water partition coefficient (Wildman–Crippen LogP) is 2.48. The van der Waals surface area contributed by atoms with Gasteiger partial charge in [-0.2, -0.15) is 11.8 Å². The van der Waals surface area contributed by atoms with E-state index in [9.17, 15) is 5.11 Å². The van der Waals surface area contributed by atoms with Gasteiger partial charge in [0.15, 0.2) is 0 Å². The van der Waals surface area contributed by atoms with Crippen LogP contribution in [-0.2, 0) is 5.75 Å². The van der Waals surface area contributed by atoms with Crippen molar-refractivity contribution >= 4 is 23.1 Å². The Morgan fingerprint density at radius 1 is 1.47 bits per heavy atom. The van der Waals surface area contributed by atoms with Gasteiger partial charge in [0.25, 0.3) is 0 Å². The van der Waals surface area contributed by atoms with Crippen molar-refractivity contribution in [2.75, 3.05) is 6.61 Å². The molecule has 1 rings (SSSR count). The first-order valence-corrected chi connectivity index (χ1v) is 7.53. The molecular weight excluding hydrogens is 252 g/mol. The number of hydrogen-bond acceptors (Lipinski definition) is 4. The van der Waals surface area contributed by atoms with Gasteiger partial charge in [0.2, 0.25) is 0 Å². The lowest BCUT2D eigenvalue weighted by atomic mass is 10.3. The van der Waals surface area contributed by atoms with Crippen molar-refractivity contribution in [3.8, 4) is 11.8 Å². The van der Waals surface area contributed by atoms with Crippen LogP contribution in [0.4, 0.5) is 0 Å². The fourth-order valence-corrected chi connectivity index (χ4v) is 2.96. The van der Waals surface area contributed by atoms with Gasteiger partial charge in [0, 0.05) is 33.2 Å². The van der Waals surface area contributed by atoms with E-state index in [4.69, 9.17) is 5.11 Å². The van der Waals surface area contributed by atoms with Crippen LogP contribution in [-0.4, -0.2) is 28.2 Å². The highest BCUT2D eigenvalue weighted by atomic mass is 32.2. The van der Waals surface area contributed by atoms with E-state index in [1.165, 1.54) is 4.88 Å². The molecule has 0 fully saturated rings. The second kappa shape index (κ2) is 7.78. The van der Waals surface area contributed by atoms with E-state index in [-0.39, 0.29) is 18.0 Å². The predicted molar refractivity (Wildman–Crippen MR) is 75.3 cm³/mol. The van der Waals surface area contributed by atoms with E-state index < -0.39 is 0 Å². The van der Waals surface area contributed by atoms with Gasteiger partial charge in [-0.3, -0.25) is 0 Å². The molecule has 2 atom stereocenters. The highest BCUT2D eigenvalue weighted by Gasteiger charge is 2.09. The fraction of sp³-hybridized carbons (Fsp3) is 0.538. The molecular formula is C13H18O2S2. The molecule has 0 radical (unpaired) electrons. The van der Waals surface area contributed by atoms with Crippen molar-refractivity contribution in [3.63, 3.8) is 0 Å². The van der Waals surface area contributed by atoms with Crippen LogP contribution in [0.5, 0.6) is 0 Å². The lowest BCUT2D eigenvalue weighted by Crippen LogP contribution is -2.15. The SMILES string of the molecule is CC(O)C(C)SCc1cc(C#CCCO)cs1. The van der Waals surface area contributed by atoms with Crippen LogP contribution in [0.15, 0.2) is 11.4 Å². The molecule has 2 N–H and O–H groups in total. The Hall–Kier alpha value is -0.470. The maximum Gasteiger partial charge on any atom is 0.0628 e. The van der Waals surface area contributed by atoms with Crippen molar-refractivity contribution in [3.05, 3.63) is 21.9 Å². The van der Waals surface area contributed by atoms with Gasteiger partial charge in [0.1, 0.15) is 0 Å². The molecule has 0 aliphatic rings. The fourth-order valence-electron chi connectivity index (χ4n) is 1.10. The number of rotatable bonds is 5. The van der Waals surface area contributed by atoms with E-state index >= 15 is 0 Å². The zero-order valence-electron chi connectivity index (χ0n) is 10.1. The molecule has 0 amide bonds. The Bertz CT molecular complexity index is 388. The minimum atomic E-state index is -0.274. The third-order valence-electron chi connectivity index (χ3n) is 2.29. The summed E-state index contributed by atoms with van der Waals surface area (Å²) in [7, 11) is 0. The second-order valence-electron chi connectivity index (χ2n) is 3.83. The molecule has 0 saturated carbocycles. The van der Waals surface area contributed by atoms with E-state index in [0.717, 1.165) is 11.3 Å². The first-order valence-electron chi connectivity index (χ1n) is 5.60. The average Bonchev–Trinajstić information content (AvgIpc) is 2.74. The third-order valence-corrected chi connectivity index (χ3v) is 4.81. The third kappa shape index (κ3) is 5.60. The standard InChI is InChI=1S/C13H18O2S2/c1-10(15)11(2)16-9-13-7-12(8-17-13)5-3-4-6-14/h7-8,10-11,14-15H,4,6,9H2,1-2H3. The van der Waals surface area contributed by atoms with E-state index in [0.29, 0.717) is 6.42 Å². The highest BCUT2D eigenvalue weighted by molar-refractivity contribution is 7.99. The topological polar surface area (TPSA) is 40.5 Å². The minimum Gasteiger partial charge on any atom is -0.395 e. The van der Waals surface area contributed by atoms with Crippen LogP contribution in [0.1, 0.15) is 30.7 Å². The summed E-state index contributed by atoms with van der Waals surface area (Å²) < 4.78 is 0. The van der Waals surface area contributed by atoms with Crippen LogP contribution >= 0.6 is 23.1 Å². The van der Waals surface area contributed by atoms with Crippen molar-refractivity contribution in [2.24, 2.45) is 0 Å². The average molecular weight is 270 g/mol. The Labute approximate surface area is 111 Å². The molecule has 0 aliphatic heterocycles. The molecule has 0 saturated heterocycles. The summed E-state index contributed by atoms with van der Waals surface area (Å²) >= 11 is 3.45. The molecule has 0 bridgehead atoms. The second-order valence-corrected chi connectivity index (χ2v) is 6.20. The van der Waals surface area contributed by atoms with E-state index in [2.05, 4.69) is 17.9 Å². The smallest absolute Gasteiger partial charge is 0.0628 e. The minimum absolute atomic E-state index is 0.117. The normalized spacial score (nSPS) is 13.9. The zero-order valence-corrected chi connectivity index (χ0v) is 11.8. The lowest BCUT2D eigenvalue weighted by molar-refractivity contribution is 0.196. The number of thioether (sulfide) groups is 1. The van der Waals surface area contributed by atoms with Gasteiger partial charge in [-0.15, -0.1) is 11.3 Å². The van der Waals surface area contributed by atoms with E-state index in [1.807, 2.05) is 19.2 Å². The molecule has 94 valence electrons. The summed E-state index contributed by atoms with van der Waals surface area (Å²) in [5.74, 6) is 6.84. The lowest BCUT2D eigenvalue weighted by Gasteiger charge is -2.12. The Balaban J connectivity index is 2.44. The summed E-state index contributed by atoms with van der Waals surface area (Å²) in [6, 6.07) is 2.08. The molecule has 1 aromatic rings. The van der Waals surface area contributed by atoms with Gasteiger partial charge in [-0.1, -0.05) is 18.8 Å². The largest absolute Gasteiger partial charge is 0.395 e. The molecule has 0 aliphatic carbocycles. The van der Waals surface area contributed by atoms with Crippen LogP contribution in [0.25, 0.3) is 0 Å². The van der Waals surface area contributed by atoms with Crippen molar-refractivity contribution < 1.29 is 10.2 Å². The summed E-state index contributed by atoms with van der Waals surface area (Å²) in [5, 5.41) is 20.3. The number of aliphatic hydroxyl groups excluding tert-OH is 2. The number of aliphatic hydroxyl groups is 2. The van der Waals surface area contributed by atoms with Crippen LogP contribution in [0, 0.1) is 11.8 Å². The molecule has 1 heterocycles. The van der Waals surface area contributed by atoms with Crippen LogP contribution in [0.2, 0.25) is 0 Å². The Morgan fingerprint density at radius 3 is 2.88 bits per heavy atom.